The number of benzene rings is 1. The Morgan fingerprint density at radius 3 is 2.62 bits per heavy atom. The fourth-order valence-electron chi connectivity index (χ4n) is 2.60. The van der Waals surface area contributed by atoms with Gasteiger partial charge in [0.25, 0.3) is 5.91 Å². The fraction of sp³-hybridized carbons (Fsp3) is 0.278. The quantitative estimate of drug-likeness (QED) is 0.801. The summed E-state index contributed by atoms with van der Waals surface area (Å²) in [5, 5.41) is 14.5. The Morgan fingerprint density at radius 2 is 1.96 bits per heavy atom. The zero-order valence-corrected chi connectivity index (χ0v) is 14.0. The first-order valence-electron chi connectivity index (χ1n) is 7.82. The molecule has 3 rings (SSSR count). The molecule has 0 saturated heterocycles. The predicted molar refractivity (Wildman–Crippen MR) is 91.8 cm³/mol. The number of aromatic hydroxyl groups is 1. The van der Waals surface area contributed by atoms with Crippen molar-refractivity contribution in [3.63, 3.8) is 0 Å². The largest absolute Gasteiger partial charge is 0.508 e. The van der Waals surface area contributed by atoms with Crippen LogP contribution in [0.15, 0.2) is 42.7 Å². The molecular formula is C18H20N4O2. The second-order valence-electron chi connectivity index (χ2n) is 6.15. The van der Waals surface area contributed by atoms with Crippen molar-refractivity contribution in [2.45, 2.75) is 26.4 Å². The minimum absolute atomic E-state index is 0.102. The number of phenolic OH excluding ortho intramolecular Hbond substituents is 1. The average molecular weight is 324 g/mol. The molecule has 0 atom stereocenters. The highest BCUT2D eigenvalue weighted by Crippen LogP contribution is 2.18. The molecule has 0 unspecified atom stereocenters. The number of phenols is 1. The summed E-state index contributed by atoms with van der Waals surface area (Å²) in [6.07, 6.45) is 3.33. The highest BCUT2D eigenvalue weighted by Gasteiger charge is 2.15. The summed E-state index contributed by atoms with van der Waals surface area (Å²) in [7, 11) is 1.75. The zero-order valence-electron chi connectivity index (χ0n) is 14.0. The van der Waals surface area contributed by atoms with Crippen molar-refractivity contribution in [3.05, 3.63) is 53.9 Å². The third kappa shape index (κ3) is 3.08. The van der Waals surface area contributed by atoms with E-state index in [4.69, 9.17) is 0 Å². The number of hydrogen-bond donors (Lipinski definition) is 1. The third-order valence-corrected chi connectivity index (χ3v) is 3.87. The first-order chi connectivity index (χ1) is 11.5. The molecule has 3 aromatic rings. The number of pyridine rings is 1. The molecule has 0 saturated carbocycles. The van der Waals surface area contributed by atoms with Crippen LogP contribution in [0.4, 0.5) is 0 Å². The highest BCUT2D eigenvalue weighted by molar-refractivity contribution is 5.96. The average Bonchev–Trinajstić information content (AvgIpc) is 2.99. The lowest BCUT2D eigenvalue weighted by Gasteiger charge is -2.17. The Morgan fingerprint density at radius 1 is 1.25 bits per heavy atom. The minimum Gasteiger partial charge on any atom is -0.508 e. The topological polar surface area (TPSA) is 71.2 Å². The van der Waals surface area contributed by atoms with Crippen molar-refractivity contribution in [1.29, 1.82) is 0 Å². The number of aromatic nitrogens is 3. The lowest BCUT2D eigenvalue weighted by Crippen LogP contribution is -2.26. The number of carbonyl (C=O) groups is 1. The van der Waals surface area contributed by atoms with Crippen molar-refractivity contribution in [1.82, 2.24) is 19.7 Å². The van der Waals surface area contributed by atoms with Gasteiger partial charge in [-0.2, -0.15) is 5.10 Å². The van der Waals surface area contributed by atoms with Crippen LogP contribution in [0.5, 0.6) is 5.75 Å². The molecule has 6 heteroatoms. The zero-order chi connectivity index (χ0) is 17.3. The number of hydrogen-bond acceptors (Lipinski definition) is 4. The molecule has 124 valence electrons. The SMILES string of the molecule is CC(C)n1ncc2cc(C(=O)N(C)Cc3ccc(O)cc3)cnc21. The maximum absolute atomic E-state index is 12.6. The Balaban J connectivity index is 1.81. The summed E-state index contributed by atoms with van der Waals surface area (Å²) in [5.41, 5.74) is 2.26. The number of rotatable bonds is 4. The predicted octanol–water partition coefficient (Wildman–Crippen LogP) is 2.99. The van der Waals surface area contributed by atoms with Crippen molar-refractivity contribution >= 4 is 16.9 Å². The van der Waals surface area contributed by atoms with Gasteiger partial charge in [-0.1, -0.05) is 12.1 Å². The highest BCUT2D eigenvalue weighted by atomic mass is 16.3. The fourth-order valence-corrected chi connectivity index (χ4v) is 2.60. The van der Waals surface area contributed by atoms with Crippen LogP contribution in [0, 0.1) is 0 Å². The smallest absolute Gasteiger partial charge is 0.255 e. The second-order valence-corrected chi connectivity index (χ2v) is 6.15. The summed E-state index contributed by atoms with van der Waals surface area (Å²) in [5.74, 6) is 0.110. The second kappa shape index (κ2) is 6.31. The molecule has 0 aliphatic carbocycles. The molecule has 2 aromatic heterocycles. The summed E-state index contributed by atoms with van der Waals surface area (Å²) in [6, 6.07) is 8.86. The summed E-state index contributed by atoms with van der Waals surface area (Å²) < 4.78 is 1.84. The van der Waals surface area contributed by atoms with E-state index in [1.54, 1.807) is 48.6 Å². The summed E-state index contributed by atoms with van der Waals surface area (Å²) in [6.45, 7) is 4.54. The van der Waals surface area contributed by atoms with Gasteiger partial charge in [0.2, 0.25) is 0 Å². The van der Waals surface area contributed by atoms with Gasteiger partial charge < -0.3 is 10.0 Å². The monoisotopic (exact) mass is 324 g/mol. The van der Waals surface area contributed by atoms with E-state index >= 15 is 0 Å². The van der Waals surface area contributed by atoms with Crippen molar-refractivity contribution in [2.75, 3.05) is 7.05 Å². The van der Waals surface area contributed by atoms with E-state index in [0.29, 0.717) is 12.1 Å². The molecule has 0 spiro atoms. The van der Waals surface area contributed by atoms with Crippen molar-refractivity contribution in [2.24, 2.45) is 0 Å². The van der Waals surface area contributed by atoms with E-state index in [1.807, 2.05) is 24.6 Å². The van der Waals surface area contributed by atoms with E-state index in [2.05, 4.69) is 10.1 Å². The molecule has 1 aromatic carbocycles. The van der Waals surface area contributed by atoms with Crippen LogP contribution in [-0.4, -0.2) is 37.7 Å². The van der Waals surface area contributed by atoms with Crippen LogP contribution in [-0.2, 0) is 6.54 Å². The van der Waals surface area contributed by atoms with Gasteiger partial charge in [-0.05, 0) is 37.6 Å². The molecule has 1 N–H and O–H groups in total. The van der Waals surface area contributed by atoms with Crippen LogP contribution in [0.1, 0.15) is 35.8 Å². The van der Waals surface area contributed by atoms with E-state index in [1.165, 1.54) is 0 Å². The summed E-state index contributed by atoms with van der Waals surface area (Å²) in [4.78, 5) is 18.6. The van der Waals surface area contributed by atoms with E-state index < -0.39 is 0 Å². The van der Waals surface area contributed by atoms with Crippen LogP contribution in [0.3, 0.4) is 0 Å². The van der Waals surface area contributed by atoms with E-state index in [-0.39, 0.29) is 17.7 Å². The molecule has 0 aliphatic rings. The molecule has 0 aliphatic heterocycles. The molecule has 6 nitrogen and oxygen atoms in total. The Labute approximate surface area is 140 Å². The van der Waals surface area contributed by atoms with Gasteiger partial charge in [0, 0.05) is 31.2 Å². The molecule has 0 radical (unpaired) electrons. The first-order valence-corrected chi connectivity index (χ1v) is 7.82. The van der Waals surface area contributed by atoms with Gasteiger partial charge in [0.15, 0.2) is 5.65 Å². The van der Waals surface area contributed by atoms with Crippen molar-refractivity contribution < 1.29 is 9.90 Å². The van der Waals surface area contributed by atoms with Gasteiger partial charge in [-0.15, -0.1) is 0 Å². The normalized spacial score (nSPS) is 11.2. The van der Waals surface area contributed by atoms with E-state index in [0.717, 1.165) is 16.6 Å². The van der Waals surface area contributed by atoms with Crippen LogP contribution in [0.25, 0.3) is 11.0 Å². The number of carbonyl (C=O) groups excluding carboxylic acids is 1. The molecular weight excluding hydrogens is 304 g/mol. The van der Waals surface area contributed by atoms with Crippen molar-refractivity contribution in [3.8, 4) is 5.75 Å². The lowest BCUT2D eigenvalue weighted by atomic mass is 10.1. The van der Waals surface area contributed by atoms with Gasteiger partial charge >= 0.3 is 0 Å². The third-order valence-electron chi connectivity index (χ3n) is 3.87. The van der Waals surface area contributed by atoms with Gasteiger partial charge in [-0.25, -0.2) is 9.67 Å². The molecule has 2 heterocycles. The first kappa shape index (κ1) is 16.0. The molecule has 0 bridgehead atoms. The lowest BCUT2D eigenvalue weighted by molar-refractivity contribution is 0.0785. The number of fused-ring (bicyclic) bond motifs is 1. The van der Waals surface area contributed by atoms with Gasteiger partial charge in [-0.3, -0.25) is 4.79 Å². The van der Waals surface area contributed by atoms with Crippen LogP contribution in [0.2, 0.25) is 0 Å². The summed E-state index contributed by atoms with van der Waals surface area (Å²) >= 11 is 0. The Hall–Kier alpha value is -2.89. The number of nitrogens with zero attached hydrogens (tertiary/aromatic N) is 4. The maximum atomic E-state index is 12.6. The van der Waals surface area contributed by atoms with E-state index in [9.17, 15) is 9.90 Å². The van der Waals surface area contributed by atoms with Crippen LogP contribution < -0.4 is 0 Å². The minimum atomic E-state index is -0.102. The molecule has 1 amide bonds. The molecule has 0 fully saturated rings. The molecule has 24 heavy (non-hydrogen) atoms. The Bertz CT molecular complexity index is 868. The maximum Gasteiger partial charge on any atom is 0.255 e. The van der Waals surface area contributed by atoms with Gasteiger partial charge in [0.1, 0.15) is 5.75 Å². The number of amides is 1. The Kier molecular flexibility index (Phi) is 4.20. The van der Waals surface area contributed by atoms with Gasteiger partial charge in [0.05, 0.1) is 11.8 Å². The van der Waals surface area contributed by atoms with Crippen LogP contribution >= 0.6 is 0 Å². The standard InChI is InChI=1S/C18H20N4O2/c1-12(2)22-17-14(10-20-22)8-15(9-19-17)18(24)21(3)11-13-4-6-16(23)7-5-13/h4-10,12,23H,11H2,1-3H3.